The van der Waals surface area contributed by atoms with Gasteiger partial charge in [-0.3, -0.25) is 4.79 Å². The summed E-state index contributed by atoms with van der Waals surface area (Å²) in [6.07, 6.45) is 1.44. The van der Waals surface area contributed by atoms with E-state index < -0.39 is 5.91 Å². The second-order valence-corrected chi connectivity index (χ2v) is 8.16. The first-order valence-electron chi connectivity index (χ1n) is 10.1. The lowest BCUT2D eigenvalue weighted by atomic mass is 10.1. The molecule has 0 spiro atoms. The van der Waals surface area contributed by atoms with Crippen molar-refractivity contribution in [1.29, 1.82) is 5.26 Å². The molecule has 7 heteroatoms. The molecule has 5 nitrogen and oxygen atoms in total. The predicted octanol–water partition coefficient (Wildman–Crippen LogP) is 6.74. The summed E-state index contributed by atoms with van der Waals surface area (Å²) in [7, 11) is 1.50. The van der Waals surface area contributed by atoms with Gasteiger partial charge in [-0.2, -0.15) is 5.26 Å². The number of benzene rings is 3. The third kappa shape index (κ3) is 6.07. The van der Waals surface area contributed by atoms with Gasteiger partial charge in [0.05, 0.1) is 12.1 Å². The number of nitrogens with one attached hydrogen (secondary N) is 1. The lowest BCUT2D eigenvalue weighted by Gasteiger charge is -2.14. The van der Waals surface area contributed by atoms with Crippen LogP contribution in [-0.2, 0) is 11.4 Å². The van der Waals surface area contributed by atoms with Crippen LogP contribution < -0.4 is 14.8 Å². The van der Waals surface area contributed by atoms with Gasteiger partial charge in [0, 0.05) is 10.7 Å². The van der Waals surface area contributed by atoms with Crippen LogP contribution in [0.15, 0.2) is 60.2 Å². The Bertz CT molecular complexity index is 1250. The van der Waals surface area contributed by atoms with Crippen molar-refractivity contribution in [1.82, 2.24) is 0 Å². The van der Waals surface area contributed by atoms with Crippen molar-refractivity contribution >= 4 is 40.9 Å². The molecule has 0 aromatic heterocycles. The van der Waals surface area contributed by atoms with Gasteiger partial charge < -0.3 is 14.8 Å². The number of amides is 1. The summed E-state index contributed by atoms with van der Waals surface area (Å²) in [5, 5.41) is 13.1. The van der Waals surface area contributed by atoms with Gasteiger partial charge in [-0.05, 0) is 60.9 Å². The maximum absolute atomic E-state index is 12.7. The van der Waals surface area contributed by atoms with Crippen molar-refractivity contribution in [2.75, 3.05) is 12.4 Å². The number of rotatable bonds is 7. The van der Waals surface area contributed by atoms with Gasteiger partial charge in [0.2, 0.25) is 0 Å². The monoisotopic (exact) mass is 480 g/mol. The number of hydrogen-bond acceptors (Lipinski definition) is 4. The average Bonchev–Trinajstić information content (AvgIpc) is 2.80. The summed E-state index contributed by atoms with van der Waals surface area (Å²) < 4.78 is 11.3. The van der Waals surface area contributed by atoms with Crippen LogP contribution in [0.2, 0.25) is 10.0 Å². The molecule has 0 aliphatic carbocycles. The van der Waals surface area contributed by atoms with E-state index in [1.165, 1.54) is 13.2 Å². The molecule has 0 bridgehead atoms. The van der Waals surface area contributed by atoms with Gasteiger partial charge in [0.15, 0.2) is 11.5 Å². The van der Waals surface area contributed by atoms with Gasteiger partial charge in [0.25, 0.3) is 5.91 Å². The zero-order valence-electron chi connectivity index (χ0n) is 18.4. The topological polar surface area (TPSA) is 71.3 Å². The Kier molecular flexibility index (Phi) is 8.00. The summed E-state index contributed by atoms with van der Waals surface area (Å²) >= 11 is 12.6. The molecule has 0 radical (unpaired) electrons. The molecule has 1 amide bonds. The number of ether oxygens (including phenoxy) is 2. The van der Waals surface area contributed by atoms with Crippen LogP contribution in [0.3, 0.4) is 0 Å². The van der Waals surface area contributed by atoms with E-state index in [1.807, 2.05) is 37.3 Å². The number of nitriles is 1. The largest absolute Gasteiger partial charge is 0.493 e. The average molecular weight is 481 g/mol. The molecule has 3 aromatic carbocycles. The minimum atomic E-state index is -0.558. The molecule has 3 aromatic rings. The third-order valence-corrected chi connectivity index (χ3v) is 5.64. The van der Waals surface area contributed by atoms with Gasteiger partial charge in [-0.15, -0.1) is 0 Å². The van der Waals surface area contributed by atoms with Gasteiger partial charge in [-0.25, -0.2) is 0 Å². The quantitative estimate of drug-likeness (QED) is 0.300. The highest BCUT2D eigenvalue weighted by molar-refractivity contribution is 6.32. The van der Waals surface area contributed by atoms with Crippen LogP contribution in [0.5, 0.6) is 11.5 Å². The molecule has 0 unspecified atom stereocenters. The fourth-order valence-electron chi connectivity index (χ4n) is 3.05. The second-order valence-electron chi connectivity index (χ2n) is 7.34. The Hall–Kier alpha value is -3.46. The van der Waals surface area contributed by atoms with Crippen molar-refractivity contribution in [3.63, 3.8) is 0 Å². The maximum Gasteiger partial charge on any atom is 0.266 e. The molecule has 3 rings (SSSR count). The van der Waals surface area contributed by atoms with Crippen molar-refractivity contribution in [3.8, 4) is 17.6 Å². The number of aryl methyl sites for hydroxylation is 1. The molecule has 0 aliphatic heterocycles. The highest BCUT2D eigenvalue weighted by Gasteiger charge is 2.15. The Morgan fingerprint density at radius 2 is 1.82 bits per heavy atom. The lowest BCUT2D eigenvalue weighted by molar-refractivity contribution is -0.112. The number of halogens is 2. The summed E-state index contributed by atoms with van der Waals surface area (Å²) in [5.41, 5.74) is 3.82. The van der Waals surface area contributed by atoms with Crippen LogP contribution in [0.25, 0.3) is 6.08 Å². The number of carbonyl (C=O) groups excluding carboxylic acids is 1. The fourth-order valence-corrected chi connectivity index (χ4v) is 3.50. The smallest absolute Gasteiger partial charge is 0.266 e. The van der Waals surface area contributed by atoms with Gasteiger partial charge >= 0.3 is 0 Å². The first-order valence-corrected chi connectivity index (χ1v) is 10.8. The Labute approximate surface area is 203 Å². The predicted molar refractivity (Wildman–Crippen MR) is 132 cm³/mol. The lowest BCUT2D eigenvalue weighted by Crippen LogP contribution is -2.14. The molecule has 0 heterocycles. The first kappa shape index (κ1) is 24.2. The van der Waals surface area contributed by atoms with Crippen molar-refractivity contribution in [3.05, 3.63) is 92.5 Å². The molecular formula is C26H22Cl2N2O3. The molecule has 168 valence electrons. The Morgan fingerprint density at radius 1 is 1.09 bits per heavy atom. The molecule has 0 atom stereocenters. The Balaban J connectivity index is 1.83. The highest BCUT2D eigenvalue weighted by Crippen LogP contribution is 2.37. The van der Waals surface area contributed by atoms with E-state index in [4.69, 9.17) is 32.7 Å². The van der Waals surface area contributed by atoms with E-state index in [9.17, 15) is 10.1 Å². The van der Waals surface area contributed by atoms with Gasteiger partial charge in [-0.1, -0.05) is 59.1 Å². The zero-order chi connectivity index (χ0) is 24.0. The highest BCUT2D eigenvalue weighted by atomic mass is 35.5. The van der Waals surface area contributed by atoms with Crippen LogP contribution >= 0.6 is 23.2 Å². The third-order valence-electron chi connectivity index (χ3n) is 4.95. The molecular weight excluding hydrogens is 459 g/mol. The van der Waals surface area contributed by atoms with Crippen LogP contribution in [-0.4, -0.2) is 13.0 Å². The first-order chi connectivity index (χ1) is 15.8. The van der Waals surface area contributed by atoms with Crippen LogP contribution in [0.4, 0.5) is 5.69 Å². The zero-order valence-corrected chi connectivity index (χ0v) is 19.9. The van der Waals surface area contributed by atoms with Crippen LogP contribution in [0, 0.1) is 25.2 Å². The molecule has 0 aliphatic rings. The van der Waals surface area contributed by atoms with E-state index in [0.29, 0.717) is 45.0 Å². The summed E-state index contributed by atoms with van der Waals surface area (Å²) in [5.74, 6) is 0.219. The standard InChI is InChI=1S/C26H22Cl2N2O3/c1-16-7-9-18(10-8-16)15-33-25-22(28)12-19(13-24(25)32-3)11-20(14-29)26(31)30-23-6-4-5-21(27)17(23)2/h4-13H,15H2,1-3H3,(H,30,31)/b20-11-. The van der Waals surface area contributed by atoms with Crippen molar-refractivity contribution < 1.29 is 14.3 Å². The molecule has 0 saturated carbocycles. The number of hydrogen-bond donors (Lipinski definition) is 1. The summed E-state index contributed by atoms with van der Waals surface area (Å²) in [4.78, 5) is 12.7. The normalized spacial score (nSPS) is 11.0. The number of nitrogens with zero attached hydrogens (tertiary/aromatic N) is 1. The Morgan fingerprint density at radius 3 is 2.48 bits per heavy atom. The van der Waals surface area contributed by atoms with E-state index in [-0.39, 0.29) is 5.57 Å². The summed E-state index contributed by atoms with van der Waals surface area (Å²) in [6, 6.07) is 18.3. The van der Waals surface area contributed by atoms with E-state index in [1.54, 1.807) is 37.3 Å². The number of carbonyl (C=O) groups is 1. The minimum absolute atomic E-state index is 0.0965. The van der Waals surface area contributed by atoms with E-state index >= 15 is 0 Å². The SMILES string of the molecule is COc1cc(/C=C(/C#N)C(=O)Nc2cccc(Cl)c2C)cc(Cl)c1OCc1ccc(C)cc1. The molecule has 0 saturated heterocycles. The second kappa shape index (κ2) is 10.9. The number of methoxy groups -OCH3 is 1. The molecule has 1 N–H and O–H groups in total. The van der Waals surface area contributed by atoms with Crippen LogP contribution in [0.1, 0.15) is 22.3 Å². The van der Waals surface area contributed by atoms with E-state index in [0.717, 1.165) is 11.1 Å². The number of anilines is 1. The minimum Gasteiger partial charge on any atom is -0.493 e. The molecule has 0 fully saturated rings. The van der Waals surface area contributed by atoms with E-state index in [2.05, 4.69) is 5.32 Å². The van der Waals surface area contributed by atoms with Crippen molar-refractivity contribution in [2.24, 2.45) is 0 Å². The van der Waals surface area contributed by atoms with Crippen molar-refractivity contribution in [2.45, 2.75) is 20.5 Å². The fraction of sp³-hybridized carbons (Fsp3) is 0.154. The van der Waals surface area contributed by atoms with Gasteiger partial charge in [0.1, 0.15) is 18.2 Å². The maximum atomic E-state index is 12.7. The summed E-state index contributed by atoms with van der Waals surface area (Å²) in [6.45, 7) is 4.12. The molecule has 33 heavy (non-hydrogen) atoms.